The molecule has 2 N–H and O–H groups in total. The molecule has 0 spiro atoms. The maximum atomic E-state index is 13.7. The Morgan fingerprint density at radius 1 is 1.17 bits per heavy atom. The Labute approximate surface area is 105 Å². The number of benzene rings is 1. The molecule has 0 aromatic heterocycles. The first-order valence-corrected chi connectivity index (χ1v) is 6.39. The molecule has 100 valence electrons. The van der Waals surface area contributed by atoms with E-state index in [1.165, 1.54) is 0 Å². The Balaban J connectivity index is 2.25. The highest BCUT2D eigenvalue weighted by Crippen LogP contribution is 2.37. The first-order chi connectivity index (χ1) is 8.49. The first-order valence-electron chi connectivity index (χ1n) is 6.39. The van der Waals surface area contributed by atoms with E-state index < -0.39 is 23.5 Å². The van der Waals surface area contributed by atoms with Gasteiger partial charge >= 0.3 is 0 Å². The van der Waals surface area contributed by atoms with E-state index >= 15 is 0 Å². The van der Waals surface area contributed by atoms with Crippen molar-refractivity contribution in [3.63, 3.8) is 0 Å². The van der Waals surface area contributed by atoms with Gasteiger partial charge in [0.2, 0.25) is 0 Å². The van der Waals surface area contributed by atoms with Crippen LogP contribution in [0, 0.1) is 29.3 Å². The fourth-order valence-corrected chi connectivity index (χ4v) is 2.91. The highest BCUT2D eigenvalue weighted by atomic mass is 19.1. The molecule has 1 fully saturated rings. The summed E-state index contributed by atoms with van der Waals surface area (Å²) in [6.45, 7) is 2.12. The van der Waals surface area contributed by atoms with Crippen molar-refractivity contribution < 1.29 is 13.2 Å². The predicted octanol–water partition coefficient (Wildman–Crippen LogP) is 3.93. The van der Waals surface area contributed by atoms with Crippen molar-refractivity contribution in [3.8, 4) is 0 Å². The molecule has 0 radical (unpaired) electrons. The molecule has 0 amide bonds. The third-order valence-corrected chi connectivity index (χ3v) is 3.86. The average Bonchev–Trinajstić information content (AvgIpc) is 2.27. The molecule has 18 heavy (non-hydrogen) atoms. The summed E-state index contributed by atoms with van der Waals surface area (Å²) in [7, 11) is 0. The average molecular weight is 257 g/mol. The van der Waals surface area contributed by atoms with E-state index in [0.717, 1.165) is 25.7 Å². The maximum Gasteiger partial charge on any atom is 0.133 e. The molecule has 0 aliphatic heterocycles. The van der Waals surface area contributed by atoms with Crippen molar-refractivity contribution in [1.82, 2.24) is 0 Å². The normalized spacial score (nSPS) is 26.1. The summed E-state index contributed by atoms with van der Waals surface area (Å²) in [5.41, 5.74) is 5.81. The lowest BCUT2D eigenvalue weighted by Gasteiger charge is -2.31. The van der Waals surface area contributed by atoms with E-state index in [4.69, 9.17) is 5.73 Å². The Hall–Kier alpha value is -1.03. The van der Waals surface area contributed by atoms with E-state index in [-0.39, 0.29) is 11.5 Å². The van der Waals surface area contributed by atoms with Crippen LogP contribution in [-0.2, 0) is 0 Å². The van der Waals surface area contributed by atoms with E-state index in [2.05, 4.69) is 6.92 Å². The van der Waals surface area contributed by atoms with Crippen LogP contribution in [0.5, 0.6) is 0 Å². The second kappa shape index (κ2) is 5.31. The van der Waals surface area contributed by atoms with Gasteiger partial charge in [0.15, 0.2) is 0 Å². The minimum Gasteiger partial charge on any atom is -0.324 e. The molecule has 3 atom stereocenters. The fraction of sp³-hybridized carbons (Fsp3) is 0.571. The largest absolute Gasteiger partial charge is 0.324 e. The molecule has 1 aromatic carbocycles. The minimum atomic E-state index is -0.905. The first kappa shape index (κ1) is 13.4. The van der Waals surface area contributed by atoms with Gasteiger partial charge in [-0.1, -0.05) is 19.8 Å². The molecule has 1 saturated carbocycles. The van der Waals surface area contributed by atoms with Gasteiger partial charge in [-0.2, -0.15) is 0 Å². The van der Waals surface area contributed by atoms with E-state index in [9.17, 15) is 13.2 Å². The smallest absolute Gasteiger partial charge is 0.133 e. The van der Waals surface area contributed by atoms with Gasteiger partial charge in [-0.25, -0.2) is 13.2 Å². The summed E-state index contributed by atoms with van der Waals surface area (Å²) < 4.78 is 40.2. The van der Waals surface area contributed by atoms with Crippen molar-refractivity contribution in [2.45, 2.75) is 38.6 Å². The zero-order valence-electron chi connectivity index (χ0n) is 10.4. The van der Waals surface area contributed by atoms with Crippen molar-refractivity contribution >= 4 is 0 Å². The summed E-state index contributed by atoms with van der Waals surface area (Å²) in [5.74, 6) is -2.06. The van der Waals surface area contributed by atoms with Crippen LogP contribution in [0.2, 0.25) is 0 Å². The van der Waals surface area contributed by atoms with Gasteiger partial charge in [-0.15, -0.1) is 0 Å². The predicted molar refractivity (Wildman–Crippen MR) is 64.4 cm³/mol. The van der Waals surface area contributed by atoms with E-state index in [1.54, 1.807) is 0 Å². The Kier molecular flexibility index (Phi) is 3.95. The summed E-state index contributed by atoms with van der Waals surface area (Å²) in [6.07, 6.45) is 3.92. The van der Waals surface area contributed by atoms with Gasteiger partial charge < -0.3 is 5.73 Å². The Morgan fingerprint density at radius 3 is 2.33 bits per heavy atom. The molecule has 4 heteroatoms. The molecule has 0 bridgehead atoms. The number of hydrogen-bond acceptors (Lipinski definition) is 1. The van der Waals surface area contributed by atoms with Crippen LogP contribution in [0.1, 0.15) is 44.2 Å². The Bertz CT molecular complexity index is 410. The lowest BCUT2D eigenvalue weighted by atomic mass is 9.77. The molecular weight excluding hydrogens is 239 g/mol. The standard InChI is InChI=1S/C14H18F3N/c1-8-3-2-4-9(5-8)14(18)13-11(16)6-10(15)7-12(13)17/h6-9,14H,2-5,18H2,1H3. The SMILES string of the molecule is CC1CCCC(C(N)c2c(F)cc(F)cc2F)C1. The zero-order chi connectivity index (χ0) is 13.3. The van der Waals surface area contributed by atoms with Gasteiger partial charge in [-0.3, -0.25) is 0 Å². The molecule has 1 aliphatic carbocycles. The molecule has 1 aliphatic rings. The number of halogens is 3. The van der Waals surface area contributed by atoms with Crippen LogP contribution in [0.4, 0.5) is 13.2 Å². The highest BCUT2D eigenvalue weighted by Gasteiger charge is 2.29. The van der Waals surface area contributed by atoms with Crippen molar-refractivity contribution in [2.24, 2.45) is 17.6 Å². The van der Waals surface area contributed by atoms with Crippen LogP contribution in [-0.4, -0.2) is 0 Å². The van der Waals surface area contributed by atoms with Gasteiger partial charge in [0, 0.05) is 23.7 Å². The Morgan fingerprint density at radius 2 is 1.78 bits per heavy atom. The van der Waals surface area contributed by atoms with Gasteiger partial charge in [0.05, 0.1) is 0 Å². The molecule has 3 unspecified atom stereocenters. The van der Waals surface area contributed by atoms with Gasteiger partial charge in [-0.05, 0) is 24.7 Å². The number of nitrogens with two attached hydrogens (primary N) is 1. The summed E-state index contributed by atoms with van der Waals surface area (Å²) >= 11 is 0. The molecule has 0 saturated heterocycles. The molecule has 2 rings (SSSR count). The fourth-order valence-electron chi connectivity index (χ4n) is 2.91. The highest BCUT2D eigenvalue weighted by molar-refractivity contribution is 5.24. The van der Waals surface area contributed by atoms with Crippen molar-refractivity contribution in [1.29, 1.82) is 0 Å². The van der Waals surface area contributed by atoms with Gasteiger partial charge in [0.25, 0.3) is 0 Å². The second-order valence-electron chi connectivity index (χ2n) is 5.34. The van der Waals surface area contributed by atoms with Gasteiger partial charge in [0.1, 0.15) is 17.5 Å². The van der Waals surface area contributed by atoms with E-state index in [1.807, 2.05) is 0 Å². The number of rotatable bonds is 2. The molecular formula is C14H18F3N. The summed E-state index contributed by atoms with van der Waals surface area (Å²) in [5, 5.41) is 0. The van der Waals surface area contributed by atoms with Crippen molar-refractivity contribution in [3.05, 3.63) is 35.1 Å². The van der Waals surface area contributed by atoms with Crippen LogP contribution in [0.3, 0.4) is 0 Å². The van der Waals surface area contributed by atoms with Crippen LogP contribution in [0.25, 0.3) is 0 Å². The lowest BCUT2D eigenvalue weighted by molar-refractivity contribution is 0.242. The maximum absolute atomic E-state index is 13.7. The van der Waals surface area contributed by atoms with E-state index in [0.29, 0.717) is 18.1 Å². The summed E-state index contributed by atoms with van der Waals surface area (Å²) in [4.78, 5) is 0. The zero-order valence-corrected chi connectivity index (χ0v) is 10.4. The third-order valence-electron chi connectivity index (χ3n) is 3.86. The van der Waals surface area contributed by atoms with Crippen molar-refractivity contribution in [2.75, 3.05) is 0 Å². The minimum absolute atomic E-state index is 0.0724. The molecule has 1 nitrogen and oxygen atoms in total. The van der Waals surface area contributed by atoms with Crippen LogP contribution >= 0.6 is 0 Å². The van der Waals surface area contributed by atoms with Crippen LogP contribution < -0.4 is 5.73 Å². The second-order valence-corrected chi connectivity index (χ2v) is 5.34. The van der Waals surface area contributed by atoms with Crippen LogP contribution in [0.15, 0.2) is 12.1 Å². The molecule has 0 heterocycles. The third kappa shape index (κ3) is 2.69. The quantitative estimate of drug-likeness (QED) is 0.853. The summed E-state index contributed by atoms with van der Waals surface area (Å²) in [6, 6.07) is 0.711. The number of hydrogen-bond donors (Lipinski definition) is 1. The monoisotopic (exact) mass is 257 g/mol. The molecule has 1 aromatic rings. The topological polar surface area (TPSA) is 26.0 Å². The lowest BCUT2D eigenvalue weighted by Crippen LogP contribution is -2.28.